The highest BCUT2D eigenvalue weighted by Gasteiger charge is 2.46. The van der Waals surface area contributed by atoms with E-state index in [2.05, 4.69) is 37.8 Å². The molecule has 31 heavy (non-hydrogen) atoms. The zero-order valence-corrected chi connectivity index (χ0v) is 17.6. The van der Waals surface area contributed by atoms with Gasteiger partial charge in [-0.25, -0.2) is 14.4 Å². The molecule has 2 saturated heterocycles. The van der Waals surface area contributed by atoms with Crippen LogP contribution in [-0.2, 0) is 17.7 Å². The van der Waals surface area contributed by atoms with Crippen LogP contribution in [0.2, 0.25) is 0 Å². The first kappa shape index (κ1) is 18.9. The number of halogens is 1. The van der Waals surface area contributed by atoms with Gasteiger partial charge in [0.05, 0.1) is 36.2 Å². The van der Waals surface area contributed by atoms with Crippen LogP contribution in [0.1, 0.15) is 11.3 Å². The van der Waals surface area contributed by atoms with Crippen LogP contribution in [0.4, 0.5) is 15.9 Å². The lowest BCUT2D eigenvalue weighted by Crippen LogP contribution is -2.70. The third-order valence-electron chi connectivity index (χ3n) is 7.01. The molecule has 6 rings (SSSR count). The molecule has 0 N–H and O–H groups in total. The maximum Gasteiger partial charge on any atom is 0.140 e. The van der Waals surface area contributed by atoms with Crippen molar-refractivity contribution in [2.75, 3.05) is 56.2 Å². The second-order valence-electron chi connectivity index (χ2n) is 8.89. The quantitative estimate of drug-likeness (QED) is 0.630. The summed E-state index contributed by atoms with van der Waals surface area (Å²) in [6.07, 6.45) is 4.42. The van der Waals surface area contributed by atoms with E-state index in [4.69, 9.17) is 9.72 Å². The Morgan fingerprint density at radius 3 is 2.77 bits per heavy atom. The molecule has 160 valence electrons. The minimum absolute atomic E-state index is 0.129. The van der Waals surface area contributed by atoms with Crippen LogP contribution < -0.4 is 9.80 Å². The molecule has 0 amide bonds. The summed E-state index contributed by atoms with van der Waals surface area (Å²) in [5, 5.41) is 0.751. The Labute approximate surface area is 180 Å². The zero-order valence-electron chi connectivity index (χ0n) is 17.6. The van der Waals surface area contributed by atoms with E-state index < -0.39 is 0 Å². The molecule has 0 radical (unpaired) electrons. The summed E-state index contributed by atoms with van der Waals surface area (Å²) in [6.45, 7) is 6.07. The van der Waals surface area contributed by atoms with Crippen molar-refractivity contribution in [1.82, 2.24) is 19.9 Å². The van der Waals surface area contributed by atoms with E-state index in [-0.39, 0.29) is 11.4 Å². The van der Waals surface area contributed by atoms with Gasteiger partial charge in [0.15, 0.2) is 0 Å². The number of aromatic nitrogens is 3. The molecule has 0 unspecified atom stereocenters. The van der Waals surface area contributed by atoms with E-state index in [1.54, 1.807) is 12.4 Å². The molecule has 2 fully saturated rings. The van der Waals surface area contributed by atoms with Gasteiger partial charge in [0.2, 0.25) is 0 Å². The molecule has 0 bridgehead atoms. The van der Waals surface area contributed by atoms with Crippen molar-refractivity contribution in [1.29, 1.82) is 0 Å². The second-order valence-corrected chi connectivity index (χ2v) is 8.89. The molecule has 0 atom stereocenters. The van der Waals surface area contributed by atoms with E-state index >= 15 is 0 Å². The number of anilines is 2. The highest BCUT2D eigenvalue weighted by Crippen LogP contribution is 2.33. The highest BCUT2D eigenvalue weighted by atomic mass is 19.1. The summed E-state index contributed by atoms with van der Waals surface area (Å²) in [6, 6.07) is 6.95. The Balaban J connectivity index is 1.29. The fraction of sp³-hybridized carbons (Fsp3) is 0.435. The molecule has 5 heterocycles. The zero-order chi connectivity index (χ0) is 21.0. The molecular weight excluding hydrogens is 395 g/mol. The lowest BCUT2D eigenvalue weighted by Gasteiger charge is -2.54. The molecule has 0 saturated carbocycles. The first-order chi connectivity index (χ1) is 15.1. The fourth-order valence-corrected chi connectivity index (χ4v) is 4.97. The molecular formula is C23H25FN6O. The molecule has 8 heteroatoms. The first-order valence-corrected chi connectivity index (χ1v) is 10.8. The topological polar surface area (TPSA) is 57.6 Å². The van der Waals surface area contributed by atoms with Gasteiger partial charge in [-0.15, -0.1) is 0 Å². The Bertz CT molecular complexity index is 1150. The van der Waals surface area contributed by atoms with Crippen molar-refractivity contribution >= 4 is 22.4 Å². The number of pyridine rings is 1. The van der Waals surface area contributed by atoms with Gasteiger partial charge in [0.25, 0.3) is 0 Å². The third kappa shape index (κ3) is 3.13. The minimum Gasteiger partial charge on any atom is -0.377 e. The summed E-state index contributed by atoms with van der Waals surface area (Å²) < 4.78 is 19.4. The first-order valence-electron chi connectivity index (χ1n) is 10.8. The van der Waals surface area contributed by atoms with Crippen LogP contribution in [0, 0.1) is 5.82 Å². The molecule has 0 aliphatic carbocycles. The van der Waals surface area contributed by atoms with Crippen LogP contribution in [0.15, 0.2) is 36.8 Å². The number of ether oxygens (including phenoxy) is 1. The van der Waals surface area contributed by atoms with Crippen LogP contribution in [0.5, 0.6) is 0 Å². The van der Waals surface area contributed by atoms with Gasteiger partial charge in [-0.1, -0.05) is 0 Å². The van der Waals surface area contributed by atoms with Crippen molar-refractivity contribution in [3.05, 3.63) is 53.9 Å². The van der Waals surface area contributed by atoms with E-state index in [0.717, 1.165) is 68.2 Å². The third-order valence-corrected chi connectivity index (χ3v) is 7.01. The largest absolute Gasteiger partial charge is 0.377 e. The number of fused-ring (bicyclic) bond motifs is 2. The van der Waals surface area contributed by atoms with Gasteiger partial charge < -0.3 is 14.5 Å². The van der Waals surface area contributed by atoms with Crippen molar-refractivity contribution in [2.24, 2.45) is 0 Å². The predicted octanol–water partition coefficient (Wildman–Crippen LogP) is 2.25. The Morgan fingerprint density at radius 1 is 1.03 bits per heavy atom. The average molecular weight is 420 g/mol. The summed E-state index contributed by atoms with van der Waals surface area (Å²) in [5.41, 5.74) is 4.41. The summed E-state index contributed by atoms with van der Waals surface area (Å²) in [5.74, 6) is 0.514. The van der Waals surface area contributed by atoms with Crippen LogP contribution >= 0.6 is 0 Å². The number of likely N-dealkylation sites (N-methyl/N-ethyl adjacent to an activating group) is 1. The average Bonchev–Trinajstić information content (AvgIpc) is 2.77. The van der Waals surface area contributed by atoms with E-state index in [1.807, 2.05) is 6.20 Å². The van der Waals surface area contributed by atoms with Gasteiger partial charge >= 0.3 is 0 Å². The number of nitrogens with zero attached hydrogens (tertiary/aromatic N) is 6. The van der Waals surface area contributed by atoms with Crippen LogP contribution in [0.25, 0.3) is 10.9 Å². The normalized spacial score (nSPS) is 20.7. The maximum atomic E-state index is 13.9. The summed E-state index contributed by atoms with van der Waals surface area (Å²) in [7, 11) is 2.19. The van der Waals surface area contributed by atoms with Gasteiger partial charge in [0, 0.05) is 50.2 Å². The SMILES string of the molecule is CN1CCN(c2cnc3c(c2)CN(c2ncnc4ccc(F)cc24)CC3)CC12COC2. The number of hydrogen-bond donors (Lipinski definition) is 0. The molecule has 2 aromatic heterocycles. The van der Waals surface area contributed by atoms with Crippen LogP contribution in [-0.4, -0.2) is 71.8 Å². The molecule has 3 aliphatic heterocycles. The Kier molecular flexibility index (Phi) is 4.33. The van der Waals surface area contributed by atoms with E-state index in [9.17, 15) is 4.39 Å². The Morgan fingerprint density at radius 2 is 1.94 bits per heavy atom. The van der Waals surface area contributed by atoms with Gasteiger partial charge in [0.1, 0.15) is 18.0 Å². The maximum absolute atomic E-state index is 13.9. The lowest BCUT2D eigenvalue weighted by atomic mass is 9.92. The van der Waals surface area contributed by atoms with E-state index in [1.165, 1.54) is 23.4 Å². The number of piperazine rings is 1. The monoisotopic (exact) mass is 420 g/mol. The van der Waals surface area contributed by atoms with Crippen LogP contribution in [0.3, 0.4) is 0 Å². The van der Waals surface area contributed by atoms with Crippen molar-refractivity contribution in [3.63, 3.8) is 0 Å². The number of benzene rings is 1. The smallest absolute Gasteiger partial charge is 0.140 e. The van der Waals surface area contributed by atoms with Gasteiger partial charge in [-0.3, -0.25) is 9.88 Å². The second kappa shape index (κ2) is 7.10. The Hall–Kier alpha value is -2.84. The van der Waals surface area contributed by atoms with Gasteiger partial charge in [-0.05, 0) is 36.9 Å². The highest BCUT2D eigenvalue weighted by molar-refractivity contribution is 5.89. The lowest BCUT2D eigenvalue weighted by molar-refractivity contribution is -0.134. The molecule has 7 nitrogen and oxygen atoms in total. The predicted molar refractivity (Wildman–Crippen MR) is 117 cm³/mol. The van der Waals surface area contributed by atoms with E-state index in [0.29, 0.717) is 6.54 Å². The molecule has 3 aliphatic rings. The van der Waals surface area contributed by atoms with Crippen molar-refractivity contribution in [3.8, 4) is 0 Å². The number of hydrogen-bond acceptors (Lipinski definition) is 7. The molecule has 3 aromatic rings. The van der Waals surface area contributed by atoms with Crippen molar-refractivity contribution in [2.45, 2.75) is 18.5 Å². The summed E-state index contributed by atoms with van der Waals surface area (Å²) >= 11 is 0. The summed E-state index contributed by atoms with van der Waals surface area (Å²) in [4.78, 5) is 20.7. The van der Waals surface area contributed by atoms with Gasteiger partial charge in [-0.2, -0.15) is 0 Å². The van der Waals surface area contributed by atoms with Crippen molar-refractivity contribution < 1.29 is 9.13 Å². The fourth-order valence-electron chi connectivity index (χ4n) is 4.97. The minimum atomic E-state index is -0.270. The molecule has 1 aromatic carbocycles. The molecule has 1 spiro atoms. The standard InChI is InChI=1S/C23H25FN6O/c1-28-6-7-30(12-23(28)13-31-14-23)18-8-16-11-29(5-4-20(16)25-10-18)22-19-9-17(24)2-3-21(19)26-15-27-22/h2-3,8-10,15H,4-7,11-14H2,1H3. The number of rotatable bonds is 2.